The van der Waals surface area contributed by atoms with Gasteiger partial charge in [0.2, 0.25) is 5.91 Å². The van der Waals surface area contributed by atoms with Gasteiger partial charge >= 0.3 is 5.97 Å². The molecule has 1 heterocycles. The Hall–Kier alpha value is -2.25. The van der Waals surface area contributed by atoms with Crippen molar-refractivity contribution in [3.05, 3.63) is 35.2 Å². The molecule has 2 N–H and O–H groups in total. The lowest BCUT2D eigenvalue weighted by Gasteiger charge is -2.19. The van der Waals surface area contributed by atoms with E-state index in [-0.39, 0.29) is 12.5 Å². The van der Waals surface area contributed by atoms with Crippen molar-refractivity contribution in [2.45, 2.75) is 32.7 Å². The monoisotopic (exact) mass is 361 g/mol. The van der Waals surface area contributed by atoms with E-state index in [1.54, 1.807) is 14.0 Å². The van der Waals surface area contributed by atoms with Gasteiger partial charge in [-0.15, -0.1) is 11.3 Å². The van der Waals surface area contributed by atoms with Gasteiger partial charge in [-0.3, -0.25) is 14.5 Å². The third kappa shape index (κ3) is 5.37. The van der Waals surface area contributed by atoms with Gasteiger partial charge in [-0.2, -0.15) is 0 Å². The fourth-order valence-electron chi connectivity index (χ4n) is 2.31. The highest BCUT2D eigenvalue weighted by Crippen LogP contribution is 2.25. The third-order valence-electron chi connectivity index (χ3n) is 3.95. The molecule has 25 heavy (non-hydrogen) atoms. The first-order valence-electron chi connectivity index (χ1n) is 8.18. The number of rotatable bonds is 8. The van der Waals surface area contributed by atoms with E-state index in [9.17, 15) is 9.59 Å². The molecular weight excluding hydrogens is 338 g/mol. The number of hydrogen-bond acceptors (Lipinski definition) is 5. The summed E-state index contributed by atoms with van der Waals surface area (Å²) in [6.07, 6.45) is 2.17. The molecule has 2 aromatic rings. The topological polar surface area (TPSA) is 82.5 Å². The Morgan fingerprint density at radius 1 is 1.32 bits per heavy atom. The number of carboxylic acid groups (broad SMARTS) is 1. The fourth-order valence-corrected chi connectivity index (χ4v) is 3.04. The zero-order valence-corrected chi connectivity index (χ0v) is 15.5. The number of aryl methyl sites for hydroxylation is 1. The molecule has 1 unspecified atom stereocenters. The largest absolute Gasteiger partial charge is 0.480 e. The molecule has 0 aliphatic carbocycles. The molecular formula is C18H23N3O3S. The van der Waals surface area contributed by atoms with E-state index >= 15 is 0 Å². The summed E-state index contributed by atoms with van der Waals surface area (Å²) in [5.74, 6) is -1.24. The molecule has 0 aliphatic heterocycles. The van der Waals surface area contributed by atoms with Crippen LogP contribution in [0.4, 0.5) is 5.13 Å². The van der Waals surface area contributed by atoms with E-state index in [1.807, 2.05) is 17.5 Å². The van der Waals surface area contributed by atoms with Gasteiger partial charge in [-0.05, 0) is 26.0 Å². The first kappa shape index (κ1) is 19.1. The quantitative estimate of drug-likeness (QED) is 0.755. The number of aromatic nitrogens is 1. The van der Waals surface area contributed by atoms with Gasteiger partial charge in [0, 0.05) is 10.9 Å². The predicted molar refractivity (Wildman–Crippen MR) is 99.9 cm³/mol. The summed E-state index contributed by atoms with van der Waals surface area (Å²) in [6, 6.07) is 7.54. The Morgan fingerprint density at radius 3 is 2.60 bits per heavy atom. The number of aliphatic carboxylic acids is 1. The molecule has 1 amide bonds. The Labute approximate surface area is 151 Å². The van der Waals surface area contributed by atoms with Crippen molar-refractivity contribution in [1.82, 2.24) is 9.88 Å². The first-order chi connectivity index (χ1) is 11.9. The number of benzene rings is 1. The third-order valence-corrected chi connectivity index (χ3v) is 4.71. The summed E-state index contributed by atoms with van der Waals surface area (Å²) in [7, 11) is 1.60. The number of likely N-dealkylation sites (N-methyl/N-ethyl adjacent to an activating group) is 1. The summed E-state index contributed by atoms with van der Waals surface area (Å²) < 4.78 is 0. The number of amides is 1. The summed E-state index contributed by atoms with van der Waals surface area (Å²) in [5.41, 5.74) is 3.12. The lowest BCUT2D eigenvalue weighted by molar-refractivity contribution is -0.142. The number of hydrogen-bond donors (Lipinski definition) is 2. The number of anilines is 1. The van der Waals surface area contributed by atoms with Crippen molar-refractivity contribution in [2.75, 3.05) is 18.9 Å². The smallest absolute Gasteiger partial charge is 0.320 e. The average Bonchev–Trinajstić information content (AvgIpc) is 3.03. The minimum atomic E-state index is -0.960. The molecule has 1 atom stereocenters. The SMILES string of the molecule is CCCc1ccc(-c2csc(NC(=O)CN(C)C(C)C(=O)O)n2)cc1. The van der Waals surface area contributed by atoms with Gasteiger partial charge < -0.3 is 10.4 Å². The van der Waals surface area contributed by atoms with Crippen LogP contribution < -0.4 is 5.32 Å². The van der Waals surface area contributed by atoms with Crippen molar-refractivity contribution in [3.63, 3.8) is 0 Å². The molecule has 7 heteroatoms. The number of thiazole rings is 1. The highest BCUT2D eigenvalue weighted by molar-refractivity contribution is 7.14. The van der Waals surface area contributed by atoms with Crippen LogP contribution in [0.5, 0.6) is 0 Å². The minimum Gasteiger partial charge on any atom is -0.480 e. The lowest BCUT2D eigenvalue weighted by Crippen LogP contribution is -2.40. The minimum absolute atomic E-state index is 0.00586. The number of nitrogens with zero attached hydrogens (tertiary/aromatic N) is 2. The maximum absolute atomic E-state index is 12.0. The molecule has 0 aliphatic rings. The number of carbonyl (C=O) groups excluding carboxylic acids is 1. The maximum Gasteiger partial charge on any atom is 0.320 e. The van der Waals surface area contributed by atoms with Gasteiger partial charge in [0.05, 0.1) is 12.2 Å². The van der Waals surface area contributed by atoms with Crippen molar-refractivity contribution in [3.8, 4) is 11.3 Å². The van der Waals surface area contributed by atoms with Gasteiger partial charge in [0.1, 0.15) is 6.04 Å². The summed E-state index contributed by atoms with van der Waals surface area (Å²) in [4.78, 5) is 28.9. The second kappa shape index (κ2) is 8.73. The zero-order chi connectivity index (χ0) is 18.4. The average molecular weight is 361 g/mol. The second-order valence-corrected chi connectivity index (χ2v) is 6.82. The molecule has 1 aromatic heterocycles. The van der Waals surface area contributed by atoms with Crippen LogP contribution in [0.25, 0.3) is 11.3 Å². The molecule has 2 rings (SSSR count). The maximum atomic E-state index is 12.0. The molecule has 0 saturated carbocycles. The number of carboxylic acids is 1. The molecule has 0 saturated heterocycles. The fraction of sp³-hybridized carbons (Fsp3) is 0.389. The van der Waals surface area contributed by atoms with Crippen LogP contribution in [0.15, 0.2) is 29.6 Å². The van der Waals surface area contributed by atoms with Crippen LogP contribution in [-0.2, 0) is 16.0 Å². The summed E-state index contributed by atoms with van der Waals surface area (Å²) in [6.45, 7) is 3.69. The van der Waals surface area contributed by atoms with Gasteiger partial charge in [-0.1, -0.05) is 37.6 Å². The highest BCUT2D eigenvalue weighted by atomic mass is 32.1. The Balaban J connectivity index is 1.96. The van der Waals surface area contributed by atoms with Crippen LogP contribution in [-0.4, -0.2) is 46.5 Å². The molecule has 0 spiro atoms. The molecule has 0 radical (unpaired) electrons. The second-order valence-electron chi connectivity index (χ2n) is 5.96. The van der Waals surface area contributed by atoms with E-state index in [2.05, 4.69) is 29.4 Å². The van der Waals surface area contributed by atoms with Crippen molar-refractivity contribution >= 4 is 28.3 Å². The summed E-state index contributed by atoms with van der Waals surface area (Å²) in [5, 5.41) is 14.1. The Morgan fingerprint density at radius 2 is 2.00 bits per heavy atom. The lowest BCUT2D eigenvalue weighted by atomic mass is 10.1. The van der Waals surface area contributed by atoms with Gasteiger partial charge in [0.25, 0.3) is 0 Å². The van der Waals surface area contributed by atoms with Gasteiger partial charge in [-0.25, -0.2) is 4.98 Å². The van der Waals surface area contributed by atoms with Gasteiger partial charge in [0.15, 0.2) is 5.13 Å². The molecule has 6 nitrogen and oxygen atoms in total. The van der Waals surface area contributed by atoms with E-state index in [0.717, 1.165) is 24.1 Å². The highest BCUT2D eigenvalue weighted by Gasteiger charge is 2.19. The van der Waals surface area contributed by atoms with Crippen molar-refractivity contribution in [1.29, 1.82) is 0 Å². The molecule has 134 valence electrons. The Kier molecular flexibility index (Phi) is 6.66. The standard InChI is InChI=1S/C18H23N3O3S/c1-4-5-13-6-8-14(9-7-13)15-11-25-18(19-15)20-16(22)10-21(3)12(2)17(23)24/h6-9,11-12H,4-5,10H2,1-3H3,(H,23,24)(H,19,20,22). The normalized spacial score (nSPS) is 12.2. The number of carbonyl (C=O) groups is 2. The number of nitrogens with one attached hydrogen (secondary N) is 1. The molecule has 1 aromatic carbocycles. The van der Waals surface area contributed by atoms with Crippen LogP contribution in [0.1, 0.15) is 25.8 Å². The Bertz CT molecular complexity index is 727. The van der Waals surface area contributed by atoms with E-state index in [0.29, 0.717) is 5.13 Å². The van der Waals surface area contributed by atoms with E-state index in [4.69, 9.17) is 5.11 Å². The predicted octanol–water partition coefficient (Wildman–Crippen LogP) is 3.11. The van der Waals surface area contributed by atoms with Crippen LogP contribution >= 0.6 is 11.3 Å². The zero-order valence-electron chi connectivity index (χ0n) is 14.7. The van der Waals surface area contributed by atoms with Crippen LogP contribution in [0, 0.1) is 0 Å². The van der Waals surface area contributed by atoms with E-state index in [1.165, 1.54) is 21.8 Å². The van der Waals surface area contributed by atoms with Crippen molar-refractivity contribution in [2.24, 2.45) is 0 Å². The van der Waals surface area contributed by atoms with E-state index < -0.39 is 12.0 Å². The van der Waals surface area contributed by atoms with Crippen LogP contribution in [0.2, 0.25) is 0 Å². The summed E-state index contributed by atoms with van der Waals surface area (Å²) >= 11 is 1.35. The first-order valence-corrected chi connectivity index (χ1v) is 9.06. The van der Waals surface area contributed by atoms with Crippen molar-refractivity contribution < 1.29 is 14.7 Å². The molecule has 0 bridgehead atoms. The van der Waals surface area contributed by atoms with Crippen LogP contribution in [0.3, 0.4) is 0 Å². The molecule has 0 fully saturated rings.